The third-order valence-corrected chi connectivity index (χ3v) is 4.41. The molecular formula is C21H19N5O. The minimum atomic E-state index is -0.450. The predicted octanol–water partition coefficient (Wildman–Crippen LogP) is 4.03. The highest BCUT2D eigenvalue weighted by molar-refractivity contribution is 5.96. The van der Waals surface area contributed by atoms with Gasteiger partial charge in [-0.15, -0.1) is 0 Å². The first kappa shape index (κ1) is 16.8. The molecular weight excluding hydrogens is 338 g/mol. The van der Waals surface area contributed by atoms with E-state index >= 15 is 0 Å². The fraction of sp³-hybridized carbons (Fsp3) is 0.0952. The number of nitrogens with two attached hydrogens (primary N) is 1. The van der Waals surface area contributed by atoms with Gasteiger partial charge < -0.3 is 16.0 Å². The van der Waals surface area contributed by atoms with Crippen LogP contribution in [-0.4, -0.2) is 20.9 Å². The zero-order valence-corrected chi connectivity index (χ0v) is 14.9. The number of primary amides is 1. The van der Waals surface area contributed by atoms with Crippen LogP contribution in [0.25, 0.3) is 22.3 Å². The van der Waals surface area contributed by atoms with Crippen LogP contribution >= 0.6 is 0 Å². The van der Waals surface area contributed by atoms with Crippen LogP contribution in [0.5, 0.6) is 0 Å². The normalized spacial score (nSPS) is 10.9. The summed E-state index contributed by atoms with van der Waals surface area (Å²) in [6.07, 6.45) is 0.680. The molecule has 0 aliphatic carbocycles. The maximum Gasteiger partial charge on any atom is 0.250 e. The Balaban J connectivity index is 1.82. The van der Waals surface area contributed by atoms with Crippen molar-refractivity contribution in [3.05, 3.63) is 71.9 Å². The summed E-state index contributed by atoms with van der Waals surface area (Å²) in [6.45, 7) is 1.97. The molecule has 4 N–H and O–H groups in total. The monoisotopic (exact) mass is 357 g/mol. The van der Waals surface area contributed by atoms with Crippen molar-refractivity contribution >= 4 is 28.4 Å². The zero-order valence-electron chi connectivity index (χ0n) is 14.9. The molecule has 4 rings (SSSR count). The maximum absolute atomic E-state index is 11.6. The van der Waals surface area contributed by atoms with Crippen molar-refractivity contribution in [3.63, 3.8) is 0 Å². The lowest BCUT2D eigenvalue weighted by molar-refractivity contribution is 0.0999. The van der Waals surface area contributed by atoms with Crippen molar-refractivity contribution in [2.24, 2.45) is 5.73 Å². The highest BCUT2D eigenvalue weighted by Gasteiger charge is 2.14. The second-order valence-corrected chi connectivity index (χ2v) is 6.20. The van der Waals surface area contributed by atoms with E-state index in [1.165, 1.54) is 0 Å². The average molecular weight is 357 g/mol. The summed E-state index contributed by atoms with van der Waals surface area (Å²) in [7, 11) is 0. The van der Waals surface area contributed by atoms with Crippen molar-refractivity contribution in [1.82, 2.24) is 15.0 Å². The van der Waals surface area contributed by atoms with Gasteiger partial charge in [-0.05, 0) is 24.6 Å². The highest BCUT2D eigenvalue weighted by atomic mass is 16.1. The molecule has 0 radical (unpaired) electrons. The number of fused-ring (bicyclic) bond motifs is 1. The average Bonchev–Trinajstić information content (AvgIpc) is 3.12. The maximum atomic E-state index is 11.6. The van der Waals surface area contributed by atoms with Crippen LogP contribution in [0.15, 0.2) is 60.7 Å². The molecule has 0 atom stereocenters. The second kappa shape index (κ2) is 6.92. The number of aromatic nitrogens is 3. The van der Waals surface area contributed by atoms with Crippen molar-refractivity contribution in [2.45, 2.75) is 13.3 Å². The van der Waals surface area contributed by atoms with Gasteiger partial charge in [-0.1, -0.05) is 49.4 Å². The smallest absolute Gasteiger partial charge is 0.250 e. The van der Waals surface area contributed by atoms with Crippen molar-refractivity contribution in [2.75, 3.05) is 5.32 Å². The van der Waals surface area contributed by atoms with Gasteiger partial charge in [0.15, 0.2) is 5.82 Å². The van der Waals surface area contributed by atoms with Gasteiger partial charge in [0, 0.05) is 16.6 Å². The summed E-state index contributed by atoms with van der Waals surface area (Å²) < 4.78 is 0. The summed E-state index contributed by atoms with van der Waals surface area (Å²) in [4.78, 5) is 24.3. The van der Waals surface area contributed by atoms with Gasteiger partial charge in [-0.2, -0.15) is 0 Å². The van der Waals surface area contributed by atoms with E-state index in [2.05, 4.69) is 15.3 Å². The minimum Gasteiger partial charge on any atom is -0.366 e. The third-order valence-electron chi connectivity index (χ3n) is 4.41. The molecule has 4 aromatic rings. The quantitative estimate of drug-likeness (QED) is 0.502. The number of H-pyrrole nitrogens is 1. The van der Waals surface area contributed by atoms with Crippen LogP contribution in [0.1, 0.15) is 23.0 Å². The van der Waals surface area contributed by atoms with Gasteiger partial charge in [-0.25, -0.2) is 9.97 Å². The van der Waals surface area contributed by atoms with E-state index in [4.69, 9.17) is 10.7 Å². The van der Waals surface area contributed by atoms with E-state index in [9.17, 15) is 4.79 Å². The molecule has 2 heterocycles. The number of carbonyl (C=O) groups is 1. The van der Waals surface area contributed by atoms with E-state index < -0.39 is 5.91 Å². The Morgan fingerprint density at radius 1 is 1.07 bits per heavy atom. The van der Waals surface area contributed by atoms with Gasteiger partial charge in [0.05, 0.1) is 11.1 Å². The summed E-state index contributed by atoms with van der Waals surface area (Å²) >= 11 is 0. The van der Waals surface area contributed by atoms with Crippen molar-refractivity contribution < 1.29 is 4.79 Å². The molecule has 2 aromatic heterocycles. The van der Waals surface area contributed by atoms with Gasteiger partial charge in [0.1, 0.15) is 11.6 Å². The molecule has 6 nitrogen and oxygen atoms in total. The first-order chi connectivity index (χ1) is 13.2. The Morgan fingerprint density at radius 2 is 1.81 bits per heavy atom. The Morgan fingerprint density at radius 3 is 2.52 bits per heavy atom. The van der Waals surface area contributed by atoms with E-state index in [0.29, 0.717) is 29.4 Å². The number of para-hydroxylation sites is 1. The summed E-state index contributed by atoms with van der Waals surface area (Å²) in [5, 5.41) is 4.19. The first-order valence-electron chi connectivity index (χ1n) is 8.76. The van der Waals surface area contributed by atoms with E-state index in [-0.39, 0.29) is 0 Å². The summed E-state index contributed by atoms with van der Waals surface area (Å²) in [5.74, 6) is 1.52. The van der Waals surface area contributed by atoms with Crippen molar-refractivity contribution in [1.29, 1.82) is 0 Å². The molecule has 0 saturated carbocycles. The van der Waals surface area contributed by atoms with Gasteiger partial charge in [0.25, 0.3) is 5.91 Å². The standard InChI is InChI=1S/C21H19N5O/c1-2-16-15(19(22)27)12-18(23-16)25-21-14-10-6-7-11-17(14)24-20(26-21)13-8-4-3-5-9-13/h3-12,23H,2H2,1H3,(H2,22,27)(H,24,25,26). The predicted molar refractivity (Wildman–Crippen MR) is 107 cm³/mol. The van der Waals surface area contributed by atoms with E-state index in [1.54, 1.807) is 6.07 Å². The van der Waals surface area contributed by atoms with Crippen molar-refractivity contribution in [3.8, 4) is 11.4 Å². The molecule has 0 unspecified atom stereocenters. The topological polar surface area (TPSA) is 96.7 Å². The van der Waals surface area contributed by atoms with Crippen LogP contribution in [0.3, 0.4) is 0 Å². The molecule has 0 aliphatic rings. The van der Waals surface area contributed by atoms with E-state index in [1.807, 2.05) is 61.5 Å². The van der Waals surface area contributed by atoms with Crippen LogP contribution in [0.2, 0.25) is 0 Å². The molecule has 27 heavy (non-hydrogen) atoms. The molecule has 134 valence electrons. The van der Waals surface area contributed by atoms with E-state index in [0.717, 1.165) is 22.2 Å². The number of aromatic amines is 1. The summed E-state index contributed by atoms with van der Waals surface area (Å²) in [5.41, 5.74) is 8.53. The third kappa shape index (κ3) is 3.25. The largest absolute Gasteiger partial charge is 0.366 e. The fourth-order valence-corrected chi connectivity index (χ4v) is 3.08. The molecule has 0 bridgehead atoms. The number of hydrogen-bond donors (Lipinski definition) is 3. The highest BCUT2D eigenvalue weighted by Crippen LogP contribution is 2.27. The second-order valence-electron chi connectivity index (χ2n) is 6.20. The number of nitrogens with zero attached hydrogens (tertiary/aromatic N) is 2. The molecule has 0 spiro atoms. The molecule has 0 saturated heterocycles. The summed E-state index contributed by atoms with van der Waals surface area (Å²) in [6, 6.07) is 19.4. The number of amides is 1. The Hall–Kier alpha value is -3.67. The van der Waals surface area contributed by atoms with Gasteiger partial charge in [-0.3, -0.25) is 4.79 Å². The van der Waals surface area contributed by atoms with Crippen LogP contribution in [-0.2, 0) is 6.42 Å². The lowest BCUT2D eigenvalue weighted by Crippen LogP contribution is -2.11. The number of hydrogen-bond acceptors (Lipinski definition) is 4. The molecule has 1 amide bonds. The molecule has 0 aliphatic heterocycles. The first-order valence-corrected chi connectivity index (χ1v) is 8.76. The number of benzene rings is 2. The number of aryl methyl sites for hydroxylation is 1. The Labute approximate surface area is 156 Å². The number of nitrogens with one attached hydrogen (secondary N) is 2. The van der Waals surface area contributed by atoms with Crippen LogP contribution in [0.4, 0.5) is 11.6 Å². The lowest BCUT2D eigenvalue weighted by Gasteiger charge is -2.10. The number of rotatable bonds is 5. The number of anilines is 2. The Kier molecular flexibility index (Phi) is 4.30. The fourth-order valence-electron chi connectivity index (χ4n) is 3.08. The van der Waals surface area contributed by atoms with Gasteiger partial charge >= 0.3 is 0 Å². The molecule has 6 heteroatoms. The number of carbonyl (C=O) groups excluding carboxylic acids is 1. The minimum absolute atomic E-state index is 0.450. The Bertz CT molecular complexity index is 1120. The van der Waals surface area contributed by atoms with Crippen LogP contribution in [0, 0.1) is 0 Å². The van der Waals surface area contributed by atoms with Gasteiger partial charge in [0.2, 0.25) is 0 Å². The SMILES string of the molecule is CCc1[nH]c(Nc2nc(-c3ccccc3)nc3ccccc23)cc1C(N)=O. The molecule has 2 aromatic carbocycles. The zero-order chi connectivity index (χ0) is 18.8. The molecule has 0 fully saturated rings. The lowest BCUT2D eigenvalue weighted by atomic mass is 10.2. The van der Waals surface area contributed by atoms with Crippen LogP contribution < -0.4 is 11.1 Å².